The smallest absolute Gasteiger partial charge is 0.240 e. The molecule has 0 unspecified atom stereocenters. The number of para-hydroxylation sites is 1. The lowest BCUT2D eigenvalue weighted by Gasteiger charge is -2.44. The van der Waals surface area contributed by atoms with Gasteiger partial charge in [-0.2, -0.15) is 5.10 Å². The predicted molar refractivity (Wildman–Crippen MR) is 102 cm³/mol. The maximum Gasteiger partial charge on any atom is 0.240 e. The van der Waals surface area contributed by atoms with Crippen molar-refractivity contribution in [1.29, 1.82) is 0 Å². The summed E-state index contributed by atoms with van der Waals surface area (Å²) in [5.74, 6) is 0.886. The fourth-order valence-electron chi connectivity index (χ4n) is 4.47. The summed E-state index contributed by atoms with van der Waals surface area (Å²) >= 11 is 0. The van der Waals surface area contributed by atoms with Crippen LogP contribution in [0.15, 0.2) is 29.4 Å². The Hall–Kier alpha value is -2.37. The second-order valence-electron chi connectivity index (χ2n) is 7.92. The average Bonchev–Trinajstić information content (AvgIpc) is 2.68. The van der Waals surface area contributed by atoms with E-state index in [0.717, 1.165) is 36.3 Å². The number of nitrogens with one attached hydrogen (secondary N) is 2. The zero-order chi connectivity index (χ0) is 18.7. The number of benzene rings is 1. The van der Waals surface area contributed by atoms with Gasteiger partial charge in [0.1, 0.15) is 11.4 Å². The minimum absolute atomic E-state index is 0.00597. The van der Waals surface area contributed by atoms with Gasteiger partial charge >= 0.3 is 0 Å². The molecule has 4 rings (SSSR count). The molecule has 3 aliphatic rings. The van der Waals surface area contributed by atoms with Crippen LogP contribution in [0.2, 0.25) is 0 Å². The van der Waals surface area contributed by atoms with E-state index in [1.165, 1.54) is 19.3 Å². The number of carbonyl (C=O) groups excluding carboxylic acids is 2. The van der Waals surface area contributed by atoms with Crippen molar-refractivity contribution in [2.75, 3.05) is 0 Å². The normalized spacial score (nSPS) is 23.6. The number of hydrogen-bond acceptors (Lipinski definition) is 4. The topological polar surface area (TPSA) is 79.8 Å². The molecule has 144 valence electrons. The van der Waals surface area contributed by atoms with Gasteiger partial charge in [0.2, 0.25) is 11.8 Å². The number of carbonyl (C=O) groups is 2. The molecule has 1 atom stereocenters. The lowest BCUT2D eigenvalue weighted by atomic mass is 9.77. The van der Waals surface area contributed by atoms with Crippen LogP contribution in [0.1, 0.15) is 75.8 Å². The highest BCUT2D eigenvalue weighted by atomic mass is 16.5. The Morgan fingerprint density at radius 2 is 2.04 bits per heavy atom. The van der Waals surface area contributed by atoms with E-state index in [1.807, 2.05) is 18.2 Å². The first-order valence-electron chi connectivity index (χ1n) is 10.1. The van der Waals surface area contributed by atoms with Crippen LogP contribution in [0, 0.1) is 0 Å². The Morgan fingerprint density at radius 1 is 1.22 bits per heavy atom. The average molecular weight is 369 g/mol. The monoisotopic (exact) mass is 369 g/mol. The van der Waals surface area contributed by atoms with Gasteiger partial charge in [0.25, 0.3) is 0 Å². The van der Waals surface area contributed by atoms with Crippen LogP contribution in [-0.2, 0) is 9.59 Å². The Balaban J connectivity index is 1.42. The molecule has 1 aromatic carbocycles. The Morgan fingerprint density at radius 3 is 2.81 bits per heavy atom. The molecule has 0 aromatic heterocycles. The molecule has 0 radical (unpaired) electrons. The summed E-state index contributed by atoms with van der Waals surface area (Å²) in [5, 5.41) is 7.28. The molecule has 1 aromatic rings. The highest BCUT2D eigenvalue weighted by Crippen LogP contribution is 2.46. The number of ether oxygens (including phenoxy) is 1. The third-order valence-corrected chi connectivity index (χ3v) is 5.92. The van der Waals surface area contributed by atoms with Gasteiger partial charge < -0.3 is 10.1 Å². The third-order valence-electron chi connectivity index (χ3n) is 5.92. The molecule has 1 spiro atoms. The number of amides is 2. The van der Waals surface area contributed by atoms with Crippen LogP contribution in [0.4, 0.5) is 0 Å². The summed E-state index contributed by atoms with van der Waals surface area (Å²) in [6.45, 7) is 0. The largest absolute Gasteiger partial charge is 0.487 e. The molecule has 2 N–H and O–H groups in total. The van der Waals surface area contributed by atoms with Gasteiger partial charge in [-0.25, -0.2) is 5.43 Å². The van der Waals surface area contributed by atoms with E-state index in [2.05, 4.69) is 21.9 Å². The minimum Gasteiger partial charge on any atom is -0.487 e. The van der Waals surface area contributed by atoms with E-state index >= 15 is 0 Å². The molecule has 0 bridgehead atoms. The first-order chi connectivity index (χ1) is 13.1. The van der Waals surface area contributed by atoms with Gasteiger partial charge in [-0.15, -0.1) is 0 Å². The van der Waals surface area contributed by atoms with Crippen LogP contribution in [0.25, 0.3) is 0 Å². The molecular formula is C21H27N3O3. The molecule has 1 saturated carbocycles. The van der Waals surface area contributed by atoms with Gasteiger partial charge in [0.15, 0.2) is 0 Å². The van der Waals surface area contributed by atoms with Gasteiger partial charge in [-0.1, -0.05) is 24.6 Å². The summed E-state index contributed by atoms with van der Waals surface area (Å²) < 4.78 is 6.43. The molecular weight excluding hydrogens is 342 g/mol. The quantitative estimate of drug-likeness (QED) is 0.854. The summed E-state index contributed by atoms with van der Waals surface area (Å²) in [7, 11) is 0. The Kier molecular flexibility index (Phi) is 5.14. The SMILES string of the molecule is O=C1CCC(CCC(=O)N[C@H]2CC3(CCCCC3)Oc3ccccc32)=NN1. The van der Waals surface area contributed by atoms with E-state index in [1.54, 1.807) is 0 Å². The van der Waals surface area contributed by atoms with Gasteiger partial charge in [-0.05, 0) is 44.6 Å². The number of hydrazone groups is 1. The Labute approximate surface area is 159 Å². The van der Waals surface area contributed by atoms with Gasteiger partial charge in [0, 0.05) is 30.5 Å². The maximum absolute atomic E-state index is 12.6. The van der Waals surface area contributed by atoms with E-state index in [4.69, 9.17) is 4.74 Å². The molecule has 2 aliphatic heterocycles. The van der Waals surface area contributed by atoms with E-state index in [0.29, 0.717) is 25.7 Å². The first kappa shape index (κ1) is 18.0. The number of rotatable bonds is 4. The van der Waals surface area contributed by atoms with E-state index < -0.39 is 0 Å². The van der Waals surface area contributed by atoms with Gasteiger partial charge in [-0.3, -0.25) is 9.59 Å². The highest BCUT2D eigenvalue weighted by Gasteiger charge is 2.42. The van der Waals surface area contributed by atoms with E-state index in [-0.39, 0.29) is 23.5 Å². The number of nitrogens with zero attached hydrogens (tertiary/aromatic N) is 1. The van der Waals surface area contributed by atoms with Crippen molar-refractivity contribution in [3.63, 3.8) is 0 Å². The van der Waals surface area contributed by atoms with Crippen molar-refractivity contribution in [3.05, 3.63) is 29.8 Å². The van der Waals surface area contributed by atoms with Crippen LogP contribution in [0.5, 0.6) is 5.75 Å². The summed E-state index contributed by atoms with van der Waals surface area (Å²) in [6.07, 6.45) is 8.67. The fourth-order valence-corrected chi connectivity index (χ4v) is 4.47. The van der Waals surface area contributed by atoms with Crippen molar-refractivity contribution in [1.82, 2.24) is 10.7 Å². The van der Waals surface area contributed by atoms with Crippen molar-refractivity contribution in [3.8, 4) is 5.75 Å². The predicted octanol–water partition coefficient (Wildman–Crippen LogP) is 3.38. The number of fused-ring (bicyclic) bond motifs is 1. The van der Waals surface area contributed by atoms with Crippen LogP contribution in [0.3, 0.4) is 0 Å². The lowest BCUT2D eigenvalue weighted by Crippen LogP contribution is -2.46. The lowest BCUT2D eigenvalue weighted by molar-refractivity contribution is -0.122. The van der Waals surface area contributed by atoms with Crippen molar-refractivity contribution in [2.45, 2.75) is 75.9 Å². The molecule has 6 nitrogen and oxygen atoms in total. The van der Waals surface area contributed by atoms with Crippen molar-refractivity contribution >= 4 is 17.5 Å². The molecule has 2 heterocycles. The maximum atomic E-state index is 12.6. The van der Waals surface area contributed by atoms with E-state index in [9.17, 15) is 9.59 Å². The molecule has 6 heteroatoms. The molecule has 0 saturated heterocycles. The second kappa shape index (κ2) is 7.71. The standard InChI is InChI=1S/C21H27N3O3/c25-19(10-8-15-9-11-20(26)24-23-15)22-17-14-21(12-4-1-5-13-21)27-18-7-3-2-6-16(17)18/h2-3,6-7,17H,1,4-5,8-14H2,(H,22,25)(H,24,26)/t17-/m0/s1. The summed E-state index contributed by atoms with van der Waals surface area (Å²) in [4.78, 5) is 23.8. The van der Waals surface area contributed by atoms with Crippen LogP contribution >= 0.6 is 0 Å². The Bertz CT molecular complexity index is 753. The molecule has 2 amide bonds. The molecule has 1 aliphatic carbocycles. The molecule has 27 heavy (non-hydrogen) atoms. The van der Waals surface area contributed by atoms with Crippen LogP contribution < -0.4 is 15.5 Å². The fraction of sp³-hybridized carbons (Fsp3) is 0.571. The zero-order valence-electron chi connectivity index (χ0n) is 15.6. The number of hydrogen-bond donors (Lipinski definition) is 2. The second-order valence-corrected chi connectivity index (χ2v) is 7.92. The first-order valence-corrected chi connectivity index (χ1v) is 10.1. The molecule has 1 fully saturated rings. The third kappa shape index (κ3) is 4.15. The minimum atomic E-state index is -0.137. The zero-order valence-corrected chi connectivity index (χ0v) is 15.6. The van der Waals surface area contributed by atoms with Gasteiger partial charge in [0.05, 0.1) is 6.04 Å². The highest BCUT2D eigenvalue weighted by molar-refractivity contribution is 5.94. The summed E-state index contributed by atoms with van der Waals surface area (Å²) in [6, 6.07) is 8.06. The van der Waals surface area contributed by atoms with Crippen LogP contribution in [-0.4, -0.2) is 23.1 Å². The van der Waals surface area contributed by atoms with Crippen molar-refractivity contribution in [2.24, 2.45) is 5.10 Å². The summed E-state index contributed by atoms with van der Waals surface area (Å²) in [5.41, 5.74) is 4.32. The van der Waals surface area contributed by atoms with Crippen molar-refractivity contribution < 1.29 is 14.3 Å².